The first-order valence-electron chi connectivity index (χ1n) is 8.90. The predicted molar refractivity (Wildman–Crippen MR) is 86.5 cm³/mol. The van der Waals surface area contributed by atoms with Gasteiger partial charge < -0.3 is 20.1 Å². The van der Waals surface area contributed by atoms with E-state index in [1.165, 1.54) is 19.3 Å². The molecular weight excluding hydrogens is 264 g/mol. The van der Waals surface area contributed by atoms with E-state index in [1.54, 1.807) is 0 Å². The molecule has 4 heteroatoms. The largest absolute Gasteiger partial charge is 0.394 e. The molecule has 1 aliphatic heterocycles. The van der Waals surface area contributed by atoms with E-state index >= 15 is 0 Å². The summed E-state index contributed by atoms with van der Waals surface area (Å²) in [5.74, 6) is 0.619. The van der Waals surface area contributed by atoms with Crippen LogP contribution in [0, 0.1) is 5.92 Å². The minimum atomic E-state index is -0.00995. The zero-order valence-corrected chi connectivity index (χ0v) is 13.9. The fourth-order valence-electron chi connectivity index (χ4n) is 4.06. The van der Waals surface area contributed by atoms with E-state index in [0.717, 1.165) is 52.0 Å². The van der Waals surface area contributed by atoms with Crippen LogP contribution in [-0.4, -0.2) is 61.0 Å². The van der Waals surface area contributed by atoms with Crippen LogP contribution in [0.4, 0.5) is 0 Å². The standard InChI is InChI=1S/C17H34N2O2/c1-3-9-18-17(14-20)8-4-6-16(17)7-11-19-10-5-12-21-15(2)13-19/h15-16,18,20H,3-14H2,1-2H3. The Kier molecular flexibility index (Phi) is 6.93. The fourth-order valence-corrected chi connectivity index (χ4v) is 4.06. The molecule has 1 heterocycles. The number of ether oxygens (including phenoxy) is 1. The van der Waals surface area contributed by atoms with Gasteiger partial charge in [0.05, 0.1) is 12.7 Å². The van der Waals surface area contributed by atoms with Crippen molar-refractivity contribution in [3.05, 3.63) is 0 Å². The van der Waals surface area contributed by atoms with Gasteiger partial charge >= 0.3 is 0 Å². The fraction of sp³-hybridized carbons (Fsp3) is 1.00. The van der Waals surface area contributed by atoms with Crippen LogP contribution in [0.2, 0.25) is 0 Å². The second-order valence-electron chi connectivity index (χ2n) is 6.95. The average Bonchev–Trinajstić information content (AvgIpc) is 2.78. The van der Waals surface area contributed by atoms with Crippen LogP contribution < -0.4 is 5.32 Å². The lowest BCUT2D eigenvalue weighted by atomic mass is 9.85. The molecular formula is C17H34N2O2. The number of rotatable bonds is 7. The molecule has 1 aliphatic carbocycles. The molecule has 2 rings (SSSR count). The SMILES string of the molecule is CCCNC1(CO)CCCC1CCN1CCCOC(C)C1. The molecule has 2 N–H and O–H groups in total. The predicted octanol–water partition coefficient (Wildman–Crippen LogP) is 2.02. The van der Waals surface area contributed by atoms with E-state index in [2.05, 4.69) is 24.1 Å². The Morgan fingerprint density at radius 2 is 2.24 bits per heavy atom. The Labute approximate surface area is 130 Å². The molecule has 4 nitrogen and oxygen atoms in total. The average molecular weight is 298 g/mol. The van der Waals surface area contributed by atoms with E-state index in [9.17, 15) is 5.11 Å². The summed E-state index contributed by atoms with van der Waals surface area (Å²) < 4.78 is 5.73. The molecule has 2 aliphatic rings. The maximum Gasteiger partial charge on any atom is 0.0673 e. The van der Waals surface area contributed by atoms with Crippen molar-refractivity contribution in [2.75, 3.05) is 39.4 Å². The Morgan fingerprint density at radius 1 is 1.38 bits per heavy atom. The third-order valence-electron chi connectivity index (χ3n) is 5.30. The highest BCUT2D eigenvalue weighted by molar-refractivity contribution is 4.99. The van der Waals surface area contributed by atoms with Gasteiger partial charge in [-0.2, -0.15) is 0 Å². The highest BCUT2D eigenvalue weighted by Gasteiger charge is 2.41. The van der Waals surface area contributed by atoms with Gasteiger partial charge in [-0.25, -0.2) is 0 Å². The Bertz CT molecular complexity index is 301. The number of nitrogens with zero attached hydrogens (tertiary/aromatic N) is 1. The first kappa shape index (κ1) is 17.2. The van der Waals surface area contributed by atoms with Crippen molar-refractivity contribution < 1.29 is 9.84 Å². The first-order valence-corrected chi connectivity index (χ1v) is 8.90. The highest BCUT2D eigenvalue weighted by Crippen LogP contribution is 2.37. The zero-order valence-electron chi connectivity index (χ0n) is 13.9. The maximum absolute atomic E-state index is 9.94. The van der Waals surface area contributed by atoms with Gasteiger partial charge in [-0.05, 0) is 58.0 Å². The number of nitrogens with one attached hydrogen (secondary N) is 1. The van der Waals surface area contributed by atoms with E-state index in [4.69, 9.17) is 4.74 Å². The third-order valence-corrected chi connectivity index (χ3v) is 5.30. The molecule has 0 bridgehead atoms. The topological polar surface area (TPSA) is 44.7 Å². The number of aliphatic hydroxyl groups excluding tert-OH is 1. The molecule has 124 valence electrons. The second kappa shape index (κ2) is 8.47. The molecule has 0 aromatic heterocycles. The highest BCUT2D eigenvalue weighted by atomic mass is 16.5. The van der Waals surface area contributed by atoms with Crippen LogP contribution in [0.5, 0.6) is 0 Å². The lowest BCUT2D eigenvalue weighted by molar-refractivity contribution is 0.0646. The number of hydrogen-bond acceptors (Lipinski definition) is 4. The van der Waals surface area contributed by atoms with Crippen LogP contribution in [0.15, 0.2) is 0 Å². The molecule has 0 amide bonds. The van der Waals surface area contributed by atoms with E-state index in [0.29, 0.717) is 12.0 Å². The van der Waals surface area contributed by atoms with Crippen LogP contribution in [-0.2, 0) is 4.74 Å². The van der Waals surface area contributed by atoms with Crippen molar-refractivity contribution >= 4 is 0 Å². The first-order chi connectivity index (χ1) is 10.2. The van der Waals surface area contributed by atoms with Gasteiger partial charge in [0.15, 0.2) is 0 Å². The summed E-state index contributed by atoms with van der Waals surface area (Å²) in [4.78, 5) is 2.55. The van der Waals surface area contributed by atoms with Crippen LogP contribution in [0.1, 0.15) is 52.4 Å². The minimum absolute atomic E-state index is 0.00995. The van der Waals surface area contributed by atoms with Crippen molar-refractivity contribution in [3.63, 3.8) is 0 Å². The van der Waals surface area contributed by atoms with Crippen molar-refractivity contribution in [1.29, 1.82) is 0 Å². The van der Waals surface area contributed by atoms with Gasteiger partial charge in [-0.3, -0.25) is 0 Å². The van der Waals surface area contributed by atoms with Crippen molar-refractivity contribution in [3.8, 4) is 0 Å². The molecule has 0 spiro atoms. The normalized spacial score (nSPS) is 35.0. The van der Waals surface area contributed by atoms with Gasteiger partial charge in [-0.15, -0.1) is 0 Å². The van der Waals surface area contributed by atoms with Gasteiger partial charge in [0, 0.05) is 25.2 Å². The molecule has 2 fully saturated rings. The molecule has 1 saturated carbocycles. The quantitative estimate of drug-likeness (QED) is 0.755. The zero-order chi connectivity index (χ0) is 15.1. The second-order valence-corrected chi connectivity index (χ2v) is 6.95. The lowest BCUT2D eigenvalue weighted by Crippen LogP contribution is -2.52. The van der Waals surface area contributed by atoms with Crippen molar-refractivity contribution in [2.45, 2.75) is 64.0 Å². The number of aliphatic hydroxyl groups is 1. The van der Waals surface area contributed by atoms with Crippen molar-refractivity contribution in [2.24, 2.45) is 5.92 Å². The molecule has 0 aromatic rings. The van der Waals surface area contributed by atoms with Gasteiger partial charge in [-0.1, -0.05) is 13.3 Å². The molecule has 3 atom stereocenters. The molecule has 21 heavy (non-hydrogen) atoms. The van der Waals surface area contributed by atoms with Crippen molar-refractivity contribution in [1.82, 2.24) is 10.2 Å². The summed E-state index contributed by atoms with van der Waals surface area (Å²) >= 11 is 0. The van der Waals surface area contributed by atoms with Gasteiger partial charge in [0.25, 0.3) is 0 Å². The Balaban J connectivity index is 1.85. The monoisotopic (exact) mass is 298 g/mol. The summed E-state index contributed by atoms with van der Waals surface area (Å²) in [7, 11) is 0. The Hall–Kier alpha value is -0.160. The molecule has 3 unspecified atom stereocenters. The summed E-state index contributed by atoms with van der Waals surface area (Å²) in [6.07, 6.45) is 7.48. The maximum atomic E-state index is 9.94. The van der Waals surface area contributed by atoms with E-state index < -0.39 is 0 Å². The summed E-state index contributed by atoms with van der Waals surface area (Å²) in [6.45, 7) is 9.94. The summed E-state index contributed by atoms with van der Waals surface area (Å²) in [5.41, 5.74) is -0.00995. The molecule has 0 radical (unpaired) electrons. The van der Waals surface area contributed by atoms with Crippen LogP contribution in [0.3, 0.4) is 0 Å². The Morgan fingerprint density at radius 3 is 3.00 bits per heavy atom. The number of hydrogen-bond donors (Lipinski definition) is 2. The van der Waals surface area contributed by atoms with Crippen LogP contribution >= 0.6 is 0 Å². The molecule has 1 saturated heterocycles. The summed E-state index contributed by atoms with van der Waals surface area (Å²) in [6, 6.07) is 0. The van der Waals surface area contributed by atoms with Gasteiger partial charge in [0.2, 0.25) is 0 Å². The van der Waals surface area contributed by atoms with E-state index in [-0.39, 0.29) is 12.1 Å². The minimum Gasteiger partial charge on any atom is -0.394 e. The third kappa shape index (κ3) is 4.65. The smallest absolute Gasteiger partial charge is 0.0673 e. The lowest BCUT2D eigenvalue weighted by Gasteiger charge is -2.36. The molecule has 0 aromatic carbocycles. The summed E-state index contributed by atoms with van der Waals surface area (Å²) in [5, 5.41) is 13.6. The van der Waals surface area contributed by atoms with E-state index in [1.807, 2.05) is 0 Å². The van der Waals surface area contributed by atoms with Gasteiger partial charge in [0.1, 0.15) is 0 Å². The van der Waals surface area contributed by atoms with Crippen LogP contribution in [0.25, 0.3) is 0 Å².